The predicted molar refractivity (Wildman–Crippen MR) is 68.2 cm³/mol. The van der Waals surface area contributed by atoms with Gasteiger partial charge in [0.05, 0.1) is 6.54 Å². The van der Waals surface area contributed by atoms with Gasteiger partial charge < -0.3 is 0 Å². The third-order valence-electron chi connectivity index (χ3n) is 4.15. The SMILES string of the molecule is C#CCN1CC2CCCCN2CC1C(C)C. The molecule has 2 fully saturated rings. The van der Waals surface area contributed by atoms with E-state index in [0.717, 1.165) is 12.6 Å². The van der Waals surface area contributed by atoms with E-state index in [2.05, 4.69) is 29.6 Å². The summed E-state index contributed by atoms with van der Waals surface area (Å²) in [5.41, 5.74) is 0. The van der Waals surface area contributed by atoms with Gasteiger partial charge in [0, 0.05) is 25.2 Å². The summed E-state index contributed by atoms with van der Waals surface area (Å²) in [6, 6.07) is 1.43. The largest absolute Gasteiger partial charge is 0.298 e. The Hall–Kier alpha value is -0.520. The van der Waals surface area contributed by atoms with Gasteiger partial charge in [-0.3, -0.25) is 9.80 Å². The first-order valence-corrected chi connectivity index (χ1v) is 6.64. The molecule has 2 heterocycles. The lowest BCUT2D eigenvalue weighted by molar-refractivity contribution is -0.000182. The summed E-state index contributed by atoms with van der Waals surface area (Å²) in [5, 5.41) is 0. The summed E-state index contributed by atoms with van der Waals surface area (Å²) in [5.74, 6) is 3.53. The number of piperidine rings is 1. The first-order valence-electron chi connectivity index (χ1n) is 6.64. The zero-order chi connectivity index (χ0) is 11.5. The van der Waals surface area contributed by atoms with Gasteiger partial charge in [0.15, 0.2) is 0 Å². The molecular weight excluding hydrogens is 196 g/mol. The molecule has 0 aliphatic carbocycles. The van der Waals surface area contributed by atoms with Gasteiger partial charge >= 0.3 is 0 Å². The van der Waals surface area contributed by atoms with Crippen molar-refractivity contribution in [3.05, 3.63) is 0 Å². The van der Waals surface area contributed by atoms with Crippen molar-refractivity contribution < 1.29 is 0 Å². The number of hydrogen-bond donors (Lipinski definition) is 0. The highest BCUT2D eigenvalue weighted by Crippen LogP contribution is 2.26. The maximum Gasteiger partial charge on any atom is 0.0602 e. The van der Waals surface area contributed by atoms with Gasteiger partial charge in [-0.25, -0.2) is 0 Å². The highest BCUT2D eigenvalue weighted by molar-refractivity contribution is 4.97. The van der Waals surface area contributed by atoms with Gasteiger partial charge in [0.25, 0.3) is 0 Å². The molecule has 0 bridgehead atoms. The second kappa shape index (κ2) is 5.21. The summed E-state index contributed by atoms with van der Waals surface area (Å²) in [6.45, 7) is 9.18. The Morgan fingerprint density at radius 1 is 1.31 bits per heavy atom. The average molecular weight is 220 g/mol. The molecule has 2 rings (SSSR count). The van der Waals surface area contributed by atoms with Crippen molar-refractivity contribution in [3.63, 3.8) is 0 Å². The monoisotopic (exact) mass is 220 g/mol. The van der Waals surface area contributed by atoms with Crippen LogP contribution in [-0.4, -0.2) is 48.1 Å². The molecule has 2 atom stereocenters. The van der Waals surface area contributed by atoms with E-state index in [1.54, 1.807) is 0 Å². The molecule has 90 valence electrons. The van der Waals surface area contributed by atoms with Crippen molar-refractivity contribution in [1.29, 1.82) is 0 Å². The number of nitrogens with zero attached hydrogens (tertiary/aromatic N) is 2. The van der Waals surface area contributed by atoms with Gasteiger partial charge in [-0.1, -0.05) is 26.2 Å². The molecule has 0 radical (unpaired) electrons. The van der Waals surface area contributed by atoms with E-state index >= 15 is 0 Å². The molecule has 2 nitrogen and oxygen atoms in total. The van der Waals surface area contributed by atoms with E-state index in [1.807, 2.05) is 0 Å². The zero-order valence-electron chi connectivity index (χ0n) is 10.7. The number of fused-ring (bicyclic) bond motifs is 1. The molecule has 0 amide bonds. The zero-order valence-corrected chi connectivity index (χ0v) is 10.7. The van der Waals surface area contributed by atoms with Crippen molar-refractivity contribution in [2.24, 2.45) is 5.92 Å². The molecule has 0 N–H and O–H groups in total. The maximum atomic E-state index is 5.48. The molecular formula is C14H24N2. The molecule has 0 aromatic rings. The summed E-state index contributed by atoms with van der Waals surface area (Å²) in [7, 11) is 0. The van der Waals surface area contributed by atoms with Crippen molar-refractivity contribution >= 4 is 0 Å². The molecule has 0 saturated carbocycles. The molecule has 16 heavy (non-hydrogen) atoms. The third kappa shape index (κ3) is 2.42. The van der Waals surface area contributed by atoms with Gasteiger partial charge in [0.1, 0.15) is 0 Å². The molecule has 0 spiro atoms. The predicted octanol–water partition coefficient (Wildman–Crippen LogP) is 1.81. The molecule has 0 aromatic carbocycles. The van der Waals surface area contributed by atoms with Crippen molar-refractivity contribution in [3.8, 4) is 12.3 Å². The number of terminal acetylenes is 1. The van der Waals surface area contributed by atoms with Crippen LogP contribution in [0.4, 0.5) is 0 Å². The van der Waals surface area contributed by atoms with Crippen LogP contribution in [0.5, 0.6) is 0 Å². The average Bonchev–Trinajstić information content (AvgIpc) is 2.28. The second-order valence-corrected chi connectivity index (χ2v) is 5.59. The number of hydrogen-bond acceptors (Lipinski definition) is 2. The van der Waals surface area contributed by atoms with Crippen LogP contribution in [-0.2, 0) is 0 Å². The van der Waals surface area contributed by atoms with Gasteiger partial charge in [-0.15, -0.1) is 6.42 Å². The van der Waals surface area contributed by atoms with Crippen LogP contribution in [0.2, 0.25) is 0 Å². The summed E-state index contributed by atoms with van der Waals surface area (Å²) in [6.07, 6.45) is 9.64. The van der Waals surface area contributed by atoms with Crippen LogP contribution in [0, 0.1) is 18.3 Å². The Morgan fingerprint density at radius 3 is 2.81 bits per heavy atom. The van der Waals surface area contributed by atoms with E-state index < -0.39 is 0 Å². The van der Waals surface area contributed by atoms with Crippen LogP contribution in [0.1, 0.15) is 33.1 Å². The Bertz CT molecular complexity index is 266. The standard InChI is InChI=1S/C14H24N2/c1-4-8-16-10-13-7-5-6-9-15(13)11-14(16)12(2)3/h1,12-14H,5-11H2,2-3H3. The highest BCUT2D eigenvalue weighted by Gasteiger charge is 2.35. The Morgan fingerprint density at radius 2 is 2.12 bits per heavy atom. The maximum absolute atomic E-state index is 5.48. The van der Waals surface area contributed by atoms with E-state index in [-0.39, 0.29) is 0 Å². The van der Waals surface area contributed by atoms with Gasteiger partial charge in [-0.05, 0) is 25.3 Å². The van der Waals surface area contributed by atoms with Crippen LogP contribution in [0.3, 0.4) is 0 Å². The fraction of sp³-hybridized carbons (Fsp3) is 0.857. The molecule has 2 aliphatic heterocycles. The Kier molecular flexibility index (Phi) is 3.89. The van der Waals surface area contributed by atoms with Gasteiger partial charge in [-0.2, -0.15) is 0 Å². The van der Waals surface area contributed by atoms with Crippen LogP contribution >= 0.6 is 0 Å². The second-order valence-electron chi connectivity index (χ2n) is 5.59. The smallest absolute Gasteiger partial charge is 0.0602 e. The normalized spacial score (nSPS) is 32.4. The minimum absolute atomic E-state index is 0.658. The van der Waals surface area contributed by atoms with E-state index in [0.29, 0.717) is 12.0 Å². The topological polar surface area (TPSA) is 6.48 Å². The first kappa shape index (κ1) is 12.0. The lowest BCUT2D eigenvalue weighted by Gasteiger charge is -2.49. The minimum atomic E-state index is 0.658. The van der Waals surface area contributed by atoms with Crippen molar-refractivity contribution in [2.75, 3.05) is 26.2 Å². The number of rotatable bonds is 2. The fourth-order valence-corrected chi connectivity index (χ4v) is 3.20. The Balaban J connectivity index is 2.04. The first-order chi connectivity index (χ1) is 7.72. The van der Waals surface area contributed by atoms with Gasteiger partial charge in [0.2, 0.25) is 0 Å². The highest BCUT2D eigenvalue weighted by atomic mass is 15.3. The lowest BCUT2D eigenvalue weighted by Crippen LogP contribution is -2.60. The molecule has 0 aromatic heterocycles. The summed E-state index contributed by atoms with van der Waals surface area (Å²) < 4.78 is 0. The van der Waals surface area contributed by atoms with Crippen LogP contribution in [0.25, 0.3) is 0 Å². The molecule has 2 unspecified atom stereocenters. The summed E-state index contributed by atoms with van der Waals surface area (Å²) in [4.78, 5) is 5.22. The van der Waals surface area contributed by atoms with E-state index in [9.17, 15) is 0 Å². The van der Waals surface area contributed by atoms with E-state index in [4.69, 9.17) is 6.42 Å². The molecule has 2 saturated heterocycles. The minimum Gasteiger partial charge on any atom is -0.298 e. The third-order valence-corrected chi connectivity index (χ3v) is 4.15. The molecule has 2 aliphatic rings. The van der Waals surface area contributed by atoms with Crippen molar-refractivity contribution in [2.45, 2.75) is 45.2 Å². The van der Waals surface area contributed by atoms with Crippen LogP contribution < -0.4 is 0 Å². The van der Waals surface area contributed by atoms with Crippen molar-refractivity contribution in [1.82, 2.24) is 9.80 Å². The lowest BCUT2D eigenvalue weighted by atomic mass is 9.92. The fourth-order valence-electron chi connectivity index (χ4n) is 3.20. The molecule has 2 heteroatoms. The Labute approximate surface area is 100.0 Å². The van der Waals surface area contributed by atoms with Crippen LogP contribution in [0.15, 0.2) is 0 Å². The van der Waals surface area contributed by atoms with E-state index in [1.165, 1.54) is 38.9 Å². The summed E-state index contributed by atoms with van der Waals surface area (Å²) >= 11 is 0. The quantitative estimate of drug-likeness (QED) is 0.655. The number of piperazine rings is 1.